The molecule has 0 unspecified atom stereocenters. The lowest BCUT2D eigenvalue weighted by Crippen LogP contribution is -2.28. The van der Waals surface area contributed by atoms with Gasteiger partial charge in [0.25, 0.3) is 0 Å². The van der Waals surface area contributed by atoms with Crippen molar-refractivity contribution < 1.29 is 18.3 Å². The Morgan fingerprint density at radius 3 is 2.86 bits per heavy atom. The molecule has 0 N–H and O–H groups in total. The van der Waals surface area contributed by atoms with Crippen LogP contribution >= 0.6 is 0 Å². The SMILES string of the molecule is C[C@@H]1OC(=O)c2cccc(F)c2[C@@H]1F. The van der Waals surface area contributed by atoms with Crippen molar-refractivity contribution in [3.8, 4) is 0 Å². The van der Waals surface area contributed by atoms with Crippen molar-refractivity contribution in [1.82, 2.24) is 0 Å². The Bertz CT molecular complexity index is 390. The highest BCUT2D eigenvalue weighted by Crippen LogP contribution is 2.33. The molecule has 0 aliphatic carbocycles. The van der Waals surface area contributed by atoms with Gasteiger partial charge in [-0.15, -0.1) is 0 Å². The van der Waals surface area contributed by atoms with Crippen LogP contribution < -0.4 is 0 Å². The van der Waals surface area contributed by atoms with E-state index in [0.29, 0.717) is 0 Å². The maximum atomic E-state index is 13.5. The fraction of sp³-hybridized carbons (Fsp3) is 0.300. The number of halogens is 2. The second kappa shape index (κ2) is 3.04. The van der Waals surface area contributed by atoms with Crippen LogP contribution in [0.3, 0.4) is 0 Å². The summed E-state index contributed by atoms with van der Waals surface area (Å²) in [5.41, 5.74) is -0.202. The minimum atomic E-state index is -1.58. The van der Waals surface area contributed by atoms with Gasteiger partial charge in [0.15, 0.2) is 6.17 Å². The smallest absolute Gasteiger partial charge is 0.339 e. The first kappa shape index (κ1) is 9.12. The lowest BCUT2D eigenvalue weighted by atomic mass is 9.97. The van der Waals surface area contributed by atoms with Gasteiger partial charge in [0.1, 0.15) is 11.9 Å². The number of rotatable bonds is 0. The Balaban J connectivity index is 2.62. The van der Waals surface area contributed by atoms with E-state index in [-0.39, 0.29) is 11.1 Å². The molecule has 0 amide bonds. The van der Waals surface area contributed by atoms with E-state index in [9.17, 15) is 13.6 Å². The zero-order valence-electron chi connectivity index (χ0n) is 7.46. The number of carbonyl (C=O) groups is 1. The molecule has 4 heteroatoms. The number of hydrogen-bond acceptors (Lipinski definition) is 2. The summed E-state index contributed by atoms with van der Waals surface area (Å²) in [7, 11) is 0. The highest BCUT2D eigenvalue weighted by Gasteiger charge is 2.35. The predicted octanol–water partition coefficient (Wildman–Crippen LogP) is 2.40. The average Bonchev–Trinajstić information content (AvgIpc) is 2.14. The topological polar surface area (TPSA) is 26.3 Å². The van der Waals surface area contributed by atoms with Crippen molar-refractivity contribution in [2.45, 2.75) is 19.2 Å². The molecule has 0 fully saturated rings. The molecular formula is C10H8F2O2. The maximum absolute atomic E-state index is 13.5. The molecule has 1 heterocycles. The fourth-order valence-electron chi connectivity index (χ4n) is 1.52. The average molecular weight is 198 g/mol. The van der Waals surface area contributed by atoms with Crippen molar-refractivity contribution in [3.05, 3.63) is 35.1 Å². The third-order valence-corrected chi connectivity index (χ3v) is 2.25. The van der Waals surface area contributed by atoms with Gasteiger partial charge in [-0.2, -0.15) is 0 Å². The van der Waals surface area contributed by atoms with Crippen LogP contribution in [-0.2, 0) is 4.74 Å². The second-order valence-corrected chi connectivity index (χ2v) is 3.21. The predicted molar refractivity (Wildman–Crippen MR) is 45.1 cm³/mol. The van der Waals surface area contributed by atoms with Gasteiger partial charge in [-0.1, -0.05) is 6.07 Å². The van der Waals surface area contributed by atoms with Crippen LogP contribution in [0.4, 0.5) is 8.78 Å². The van der Waals surface area contributed by atoms with Gasteiger partial charge in [0.2, 0.25) is 0 Å². The summed E-state index contributed by atoms with van der Waals surface area (Å²) in [5.74, 6) is -1.36. The van der Waals surface area contributed by atoms with E-state index >= 15 is 0 Å². The molecule has 0 saturated heterocycles. The van der Waals surface area contributed by atoms with E-state index in [1.807, 2.05) is 0 Å². The largest absolute Gasteiger partial charge is 0.456 e. The van der Waals surface area contributed by atoms with Crippen LogP contribution in [0.5, 0.6) is 0 Å². The molecule has 0 aromatic heterocycles. The molecule has 2 nitrogen and oxygen atoms in total. The van der Waals surface area contributed by atoms with E-state index in [0.717, 1.165) is 6.07 Å². The normalized spacial score (nSPS) is 25.5. The highest BCUT2D eigenvalue weighted by molar-refractivity contribution is 5.92. The highest BCUT2D eigenvalue weighted by atomic mass is 19.1. The quantitative estimate of drug-likeness (QED) is 0.598. The first-order chi connectivity index (χ1) is 6.61. The van der Waals surface area contributed by atoms with Crippen molar-refractivity contribution in [1.29, 1.82) is 0 Å². The first-order valence-electron chi connectivity index (χ1n) is 4.24. The van der Waals surface area contributed by atoms with Crippen LogP contribution in [0.1, 0.15) is 29.0 Å². The van der Waals surface area contributed by atoms with Crippen LogP contribution in [0, 0.1) is 5.82 Å². The Morgan fingerprint density at radius 1 is 1.43 bits per heavy atom. The molecule has 0 spiro atoms. The Hall–Kier alpha value is -1.45. The zero-order valence-corrected chi connectivity index (χ0v) is 7.46. The molecule has 1 aromatic carbocycles. The monoisotopic (exact) mass is 198 g/mol. The van der Waals surface area contributed by atoms with Gasteiger partial charge in [-0.25, -0.2) is 13.6 Å². The Labute approximate surface area is 79.5 Å². The molecule has 74 valence electrons. The fourth-order valence-corrected chi connectivity index (χ4v) is 1.52. The van der Waals surface area contributed by atoms with Crippen LogP contribution in [-0.4, -0.2) is 12.1 Å². The molecular weight excluding hydrogens is 190 g/mol. The molecule has 2 rings (SSSR count). The van der Waals surface area contributed by atoms with E-state index in [1.165, 1.54) is 19.1 Å². The van der Waals surface area contributed by atoms with Gasteiger partial charge in [-0.05, 0) is 19.1 Å². The summed E-state index contributed by atoms with van der Waals surface area (Å²) >= 11 is 0. The number of fused-ring (bicyclic) bond motifs is 1. The summed E-state index contributed by atoms with van der Waals surface area (Å²) in [6, 6.07) is 3.86. The Morgan fingerprint density at radius 2 is 2.14 bits per heavy atom. The lowest BCUT2D eigenvalue weighted by Gasteiger charge is -2.25. The minimum absolute atomic E-state index is 0.0180. The molecule has 1 aliphatic heterocycles. The number of benzene rings is 1. The van der Waals surface area contributed by atoms with Crippen molar-refractivity contribution in [2.75, 3.05) is 0 Å². The van der Waals surface area contributed by atoms with Crippen molar-refractivity contribution in [2.24, 2.45) is 0 Å². The summed E-state index contributed by atoms with van der Waals surface area (Å²) in [6.07, 6.45) is -2.50. The van der Waals surface area contributed by atoms with Gasteiger partial charge in [0.05, 0.1) is 5.56 Å². The number of alkyl halides is 1. The number of esters is 1. The van der Waals surface area contributed by atoms with E-state index in [2.05, 4.69) is 0 Å². The molecule has 14 heavy (non-hydrogen) atoms. The molecule has 0 bridgehead atoms. The van der Waals surface area contributed by atoms with E-state index in [1.54, 1.807) is 0 Å². The van der Waals surface area contributed by atoms with Crippen molar-refractivity contribution in [3.63, 3.8) is 0 Å². The summed E-state index contributed by atoms with van der Waals surface area (Å²) in [6.45, 7) is 1.40. The second-order valence-electron chi connectivity index (χ2n) is 3.21. The van der Waals surface area contributed by atoms with Gasteiger partial charge < -0.3 is 4.74 Å². The zero-order chi connectivity index (χ0) is 10.3. The molecule has 0 radical (unpaired) electrons. The van der Waals surface area contributed by atoms with Crippen LogP contribution in [0.15, 0.2) is 18.2 Å². The van der Waals surface area contributed by atoms with Crippen molar-refractivity contribution >= 4 is 5.97 Å². The van der Waals surface area contributed by atoms with Gasteiger partial charge in [0, 0.05) is 5.56 Å². The third-order valence-electron chi connectivity index (χ3n) is 2.25. The van der Waals surface area contributed by atoms with Gasteiger partial charge >= 0.3 is 5.97 Å². The number of cyclic esters (lactones) is 1. The van der Waals surface area contributed by atoms with E-state index in [4.69, 9.17) is 4.74 Å². The molecule has 0 saturated carbocycles. The standard InChI is InChI=1S/C10H8F2O2/c1-5-9(12)8-6(10(13)14-5)3-2-4-7(8)11/h2-5,9H,1H3/t5-,9+/m0/s1. The summed E-state index contributed by atoms with van der Waals surface area (Å²) in [5, 5.41) is 0. The van der Waals surface area contributed by atoms with Crippen LogP contribution in [0.25, 0.3) is 0 Å². The van der Waals surface area contributed by atoms with E-state index < -0.39 is 24.1 Å². The number of ether oxygens (including phenoxy) is 1. The molecule has 2 atom stereocenters. The number of carbonyl (C=O) groups excluding carboxylic acids is 1. The van der Waals surface area contributed by atoms with Crippen LogP contribution in [0.2, 0.25) is 0 Å². The first-order valence-corrected chi connectivity index (χ1v) is 4.24. The van der Waals surface area contributed by atoms with Gasteiger partial charge in [-0.3, -0.25) is 0 Å². The lowest BCUT2D eigenvalue weighted by molar-refractivity contribution is 0.00300. The maximum Gasteiger partial charge on any atom is 0.339 e. The minimum Gasteiger partial charge on any atom is -0.456 e. The summed E-state index contributed by atoms with van der Waals surface area (Å²) < 4.78 is 31.4. The molecule has 1 aliphatic rings. The third kappa shape index (κ3) is 1.18. The number of hydrogen-bond donors (Lipinski definition) is 0. The molecule has 1 aromatic rings. The summed E-state index contributed by atoms with van der Waals surface area (Å²) in [4.78, 5) is 11.2. The Kier molecular flexibility index (Phi) is 1.98.